The number of imidazole rings is 1. The van der Waals surface area contributed by atoms with Crippen molar-refractivity contribution in [3.8, 4) is 0 Å². The number of fused-ring (bicyclic) bond motifs is 1. The second-order valence-corrected chi connectivity index (χ2v) is 5.92. The number of halogens is 1. The predicted molar refractivity (Wildman–Crippen MR) is 73.4 cm³/mol. The highest BCUT2D eigenvalue weighted by atomic mass is 79.9. The lowest BCUT2D eigenvalue weighted by Gasteiger charge is -2.36. The van der Waals surface area contributed by atoms with Crippen LogP contribution in [-0.4, -0.2) is 26.6 Å². The van der Waals surface area contributed by atoms with Gasteiger partial charge in [-0.05, 0) is 47.3 Å². The summed E-state index contributed by atoms with van der Waals surface area (Å²) in [5.41, 5.74) is 1.58. The van der Waals surface area contributed by atoms with E-state index >= 15 is 0 Å². The van der Waals surface area contributed by atoms with Crippen molar-refractivity contribution in [3.63, 3.8) is 0 Å². The number of pyridine rings is 1. The van der Waals surface area contributed by atoms with Gasteiger partial charge in [-0.25, -0.2) is 4.98 Å². The first-order valence-corrected chi connectivity index (χ1v) is 7.00. The molecule has 0 atom stereocenters. The van der Waals surface area contributed by atoms with Gasteiger partial charge < -0.3 is 14.8 Å². The number of hydrogen-bond acceptors (Lipinski definition) is 3. The fourth-order valence-electron chi connectivity index (χ4n) is 2.32. The Morgan fingerprint density at radius 2 is 2.28 bits per heavy atom. The minimum atomic E-state index is -0.471. The van der Waals surface area contributed by atoms with Crippen LogP contribution in [0.2, 0.25) is 0 Å². The number of hydrogen-bond donors (Lipinski definition) is 2. The summed E-state index contributed by atoms with van der Waals surface area (Å²) in [4.78, 5) is 4.35. The summed E-state index contributed by atoms with van der Waals surface area (Å²) in [7, 11) is 0. The zero-order valence-electron chi connectivity index (χ0n) is 10.1. The summed E-state index contributed by atoms with van der Waals surface area (Å²) < 4.78 is 3.09. The summed E-state index contributed by atoms with van der Waals surface area (Å²) >= 11 is 3.46. The minimum Gasteiger partial charge on any atom is -0.389 e. The molecule has 0 aliphatic heterocycles. The van der Waals surface area contributed by atoms with Crippen LogP contribution in [0.4, 0.5) is 0 Å². The molecule has 0 radical (unpaired) electrons. The van der Waals surface area contributed by atoms with E-state index in [2.05, 4.69) is 30.6 Å². The second kappa shape index (κ2) is 4.64. The lowest BCUT2D eigenvalue weighted by molar-refractivity contribution is -0.0315. The van der Waals surface area contributed by atoms with Gasteiger partial charge in [0.1, 0.15) is 5.65 Å². The van der Waals surface area contributed by atoms with Crippen LogP contribution in [0.1, 0.15) is 25.0 Å². The quantitative estimate of drug-likeness (QED) is 0.909. The molecular weight excluding hydrogens is 294 g/mol. The Kier molecular flexibility index (Phi) is 3.13. The summed E-state index contributed by atoms with van der Waals surface area (Å²) in [6, 6.07) is 3.96. The molecule has 1 aliphatic carbocycles. The molecule has 4 nitrogen and oxygen atoms in total. The first-order valence-electron chi connectivity index (χ1n) is 6.21. The minimum absolute atomic E-state index is 0.471. The van der Waals surface area contributed by atoms with Gasteiger partial charge in [0.05, 0.1) is 17.5 Å². The molecule has 2 aromatic rings. The molecule has 1 aliphatic rings. The predicted octanol–water partition coefficient (Wildman–Crippen LogP) is 2.10. The Hall–Kier alpha value is -0.910. The standard InChI is InChI=1S/C13H16BrN3O/c14-10-2-3-12-16-7-11(17(12)8-10)6-15-9-13(18)4-1-5-13/h2-3,7-8,15,18H,1,4-6,9H2. The van der Waals surface area contributed by atoms with E-state index in [-0.39, 0.29) is 0 Å². The van der Waals surface area contributed by atoms with E-state index in [1.54, 1.807) is 0 Å². The van der Waals surface area contributed by atoms with Gasteiger partial charge >= 0.3 is 0 Å². The molecule has 5 heteroatoms. The number of rotatable bonds is 4. The first kappa shape index (κ1) is 12.1. The second-order valence-electron chi connectivity index (χ2n) is 5.01. The fourth-order valence-corrected chi connectivity index (χ4v) is 2.66. The highest BCUT2D eigenvalue weighted by Gasteiger charge is 2.33. The monoisotopic (exact) mass is 309 g/mol. The molecule has 1 saturated carbocycles. The van der Waals surface area contributed by atoms with E-state index in [4.69, 9.17) is 0 Å². The normalized spacial score (nSPS) is 17.9. The molecule has 2 aromatic heterocycles. The molecule has 0 saturated heterocycles. The molecular formula is C13H16BrN3O. The molecule has 3 rings (SSSR count). The first-order chi connectivity index (χ1) is 8.66. The molecule has 96 valence electrons. The smallest absolute Gasteiger partial charge is 0.136 e. The van der Waals surface area contributed by atoms with Crippen molar-refractivity contribution in [2.45, 2.75) is 31.4 Å². The van der Waals surface area contributed by atoms with E-state index in [1.807, 2.05) is 24.5 Å². The van der Waals surface area contributed by atoms with Crippen LogP contribution in [0.3, 0.4) is 0 Å². The number of aliphatic hydroxyl groups is 1. The van der Waals surface area contributed by atoms with Crippen molar-refractivity contribution in [2.75, 3.05) is 6.54 Å². The zero-order chi connectivity index (χ0) is 12.6. The maximum Gasteiger partial charge on any atom is 0.136 e. The lowest BCUT2D eigenvalue weighted by Crippen LogP contribution is -2.46. The Labute approximate surface area is 114 Å². The van der Waals surface area contributed by atoms with Crippen molar-refractivity contribution in [1.29, 1.82) is 0 Å². The van der Waals surface area contributed by atoms with Gasteiger partial charge in [-0.2, -0.15) is 0 Å². The highest BCUT2D eigenvalue weighted by Crippen LogP contribution is 2.30. The number of aromatic nitrogens is 2. The molecule has 2 heterocycles. The van der Waals surface area contributed by atoms with Crippen molar-refractivity contribution in [2.24, 2.45) is 0 Å². The SMILES string of the molecule is OC1(CNCc2cnc3ccc(Br)cn23)CCC1. The van der Waals surface area contributed by atoms with Crippen LogP contribution < -0.4 is 5.32 Å². The summed E-state index contributed by atoms with van der Waals surface area (Å²) in [6.45, 7) is 1.38. The Morgan fingerprint density at radius 3 is 3.00 bits per heavy atom. The maximum absolute atomic E-state index is 10.0. The molecule has 0 aromatic carbocycles. The Balaban J connectivity index is 1.69. The van der Waals surface area contributed by atoms with Crippen LogP contribution in [0.25, 0.3) is 5.65 Å². The highest BCUT2D eigenvalue weighted by molar-refractivity contribution is 9.10. The van der Waals surface area contributed by atoms with E-state index < -0.39 is 5.60 Å². The van der Waals surface area contributed by atoms with Crippen molar-refractivity contribution in [3.05, 3.63) is 34.7 Å². The topological polar surface area (TPSA) is 49.6 Å². The molecule has 0 spiro atoms. The fraction of sp³-hybridized carbons (Fsp3) is 0.462. The van der Waals surface area contributed by atoms with Gasteiger partial charge in [0, 0.05) is 23.8 Å². The van der Waals surface area contributed by atoms with Crippen LogP contribution in [0, 0.1) is 0 Å². The van der Waals surface area contributed by atoms with Crippen LogP contribution in [0.15, 0.2) is 29.0 Å². The van der Waals surface area contributed by atoms with Gasteiger partial charge in [-0.1, -0.05) is 0 Å². The Bertz CT molecular complexity index is 562. The van der Waals surface area contributed by atoms with E-state index in [9.17, 15) is 5.11 Å². The summed E-state index contributed by atoms with van der Waals surface area (Å²) in [5, 5.41) is 13.3. The average Bonchev–Trinajstić information content (AvgIpc) is 2.70. The maximum atomic E-state index is 10.0. The number of nitrogens with one attached hydrogen (secondary N) is 1. The van der Waals surface area contributed by atoms with Crippen LogP contribution in [-0.2, 0) is 6.54 Å². The Morgan fingerprint density at radius 1 is 1.44 bits per heavy atom. The summed E-state index contributed by atoms with van der Waals surface area (Å²) in [6.07, 6.45) is 6.86. The third-order valence-corrected chi connectivity index (χ3v) is 4.06. The molecule has 0 unspecified atom stereocenters. The third kappa shape index (κ3) is 2.30. The van der Waals surface area contributed by atoms with E-state index in [1.165, 1.54) is 0 Å². The van der Waals surface area contributed by atoms with Gasteiger partial charge in [-0.3, -0.25) is 0 Å². The molecule has 0 amide bonds. The lowest BCUT2D eigenvalue weighted by atomic mass is 9.80. The molecule has 0 bridgehead atoms. The van der Waals surface area contributed by atoms with Crippen LogP contribution >= 0.6 is 15.9 Å². The van der Waals surface area contributed by atoms with Gasteiger partial charge in [0.15, 0.2) is 0 Å². The summed E-state index contributed by atoms with van der Waals surface area (Å²) in [5.74, 6) is 0. The van der Waals surface area contributed by atoms with Gasteiger partial charge in [0.25, 0.3) is 0 Å². The van der Waals surface area contributed by atoms with Crippen molar-refractivity contribution in [1.82, 2.24) is 14.7 Å². The zero-order valence-corrected chi connectivity index (χ0v) is 11.7. The molecule has 18 heavy (non-hydrogen) atoms. The van der Waals surface area contributed by atoms with Crippen molar-refractivity contribution >= 4 is 21.6 Å². The largest absolute Gasteiger partial charge is 0.389 e. The molecule has 2 N–H and O–H groups in total. The average molecular weight is 310 g/mol. The van der Waals surface area contributed by atoms with Crippen LogP contribution in [0.5, 0.6) is 0 Å². The molecule has 1 fully saturated rings. The van der Waals surface area contributed by atoms with E-state index in [0.29, 0.717) is 6.54 Å². The third-order valence-electron chi connectivity index (χ3n) is 3.59. The van der Waals surface area contributed by atoms with Crippen molar-refractivity contribution < 1.29 is 5.11 Å². The van der Waals surface area contributed by atoms with Gasteiger partial charge in [0.2, 0.25) is 0 Å². The number of nitrogens with zero attached hydrogens (tertiary/aromatic N) is 2. The van der Waals surface area contributed by atoms with E-state index in [0.717, 1.165) is 41.6 Å². The van der Waals surface area contributed by atoms with Gasteiger partial charge in [-0.15, -0.1) is 0 Å².